The zero-order valence-corrected chi connectivity index (χ0v) is 15.8. The van der Waals surface area contributed by atoms with Crippen molar-refractivity contribution in [3.8, 4) is 0 Å². The smallest absolute Gasteiger partial charge is 0.420 e. The zero-order valence-electron chi connectivity index (χ0n) is 15.8. The minimum atomic E-state index is -4.47. The highest BCUT2D eigenvalue weighted by atomic mass is 19.4. The second-order valence-electron chi connectivity index (χ2n) is 7.21. The highest BCUT2D eigenvalue weighted by Crippen LogP contribution is 2.42. The number of halogens is 3. The summed E-state index contributed by atoms with van der Waals surface area (Å²) in [4.78, 5) is 1.98. The Kier molecular flexibility index (Phi) is 4.33. The van der Waals surface area contributed by atoms with E-state index >= 15 is 0 Å². The fraction of sp³-hybridized carbons (Fsp3) is 0.217. The van der Waals surface area contributed by atoms with E-state index in [1.165, 1.54) is 6.07 Å². The van der Waals surface area contributed by atoms with Crippen LogP contribution in [-0.4, -0.2) is 7.05 Å². The fourth-order valence-corrected chi connectivity index (χ4v) is 3.70. The van der Waals surface area contributed by atoms with Crippen LogP contribution < -0.4 is 4.90 Å². The first-order valence-electron chi connectivity index (χ1n) is 9.13. The number of benzene rings is 3. The second-order valence-corrected chi connectivity index (χ2v) is 7.21. The van der Waals surface area contributed by atoms with Crippen LogP contribution in [0.25, 0.3) is 21.9 Å². The standard InChI is InChI=1S/C23H20F3NO/c1-14(2)15-8-4-5-12-19(15)27(3)20-13-7-10-17-16-9-6-11-18(23(24,25)26)21(16)28-22(17)20/h4-14H,1-3H3. The number of furan rings is 1. The Labute approximate surface area is 161 Å². The summed E-state index contributed by atoms with van der Waals surface area (Å²) < 4.78 is 46.1. The average Bonchev–Trinajstić information content (AvgIpc) is 3.05. The van der Waals surface area contributed by atoms with Gasteiger partial charge in [0.2, 0.25) is 0 Å². The van der Waals surface area contributed by atoms with Crippen molar-refractivity contribution in [2.24, 2.45) is 0 Å². The van der Waals surface area contributed by atoms with Gasteiger partial charge in [-0.05, 0) is 29.7 Å². The van der Waals surface area contributed by atoms with Crippen LogP contribution in [0.2, 0.25) is 0 Å². The molecule has 2 nitrogen and oxygen atoms in total. The summed E-state index contributed by atoms with van der Waals surface area (Å²) in [5.74, 6) is 0.311. The third-order valence-corrected chi connectivity index (χ3v) is 5.09. The van der Waals surface area contributed by atoms with Crippen molar-refractivity contribution in [2.45, 2.75) is 25.9 Å². The minimum absolute atomic E-state index is 0.122. The van der Waals surface area contributed by atoms with E-state index in [1.54, 1.807) is 12.1 Å². The van der Waals surface area contributed by atoms with E-state index in [0.717, 1.165) is 23.0 Å². The first-order valence-corrected chi connectivity index (χ1v) is 9.13. The summed E-state index contributed by atoms with van der Waals surface area (Å²) in [5.41, 5.74) is 2.47. The van der Waals surface area contributed by atoms with Gasteiger partial charge in [-0.1, -0.05) is 56.3 Å². The first kappa shape index (κ1) is 18.4. The van der Waals surface area contributed by atoms with Crippen LogP contribution in [0, 0.1) is 0 Å². The Hall–Kier alpha value is -2.95. The van der Waals surface area contributed by atoms with Crippen molar-refractivity contribution >= 4 is 33.3 Å². The Morgan fingerprint density at radius 2 is 1.39 bits per heavy atom. The van der Waals surface area contributed by atoms with Gasteiger partial charge in [-0.2, -0.15) is 13.2 Å². The van der Waals surface area contributed by atoms with Crippen molar-refractivity contribution in [1.82, 2.24) is 0 Å². The van der Waals surface area contributed by atoms with Crippen molar-refractivity contribution in [2.75, 3.05) is 11.9 Å². The van der Waals surface area contributed by atoms with Gasteiger partial charge in [0.05, 0.1) is 11.3 Å². The van der Waals surface area contributed by atoms with Gasteiger partial charge < -0.3 is 9.32 Å². The van der Waals surface area contributed by atoms with E-state index in [2.05, 4.69) is 19.9 Å². The van der Waals surface area contributed by atoms with E-state index in [9.17, 15) is 13.2 Å². The number of hydrogen-bond acceptors (Lipinski definition) is 2. The molecule has 4 aromatic rings. The van der Waals surface area contributed by atoms with Crippen molar-refractivity contribution in [1.29, 1.82) is 0 Å². The number of para-hydroxylation sites is 3. The van der Waals surface area contributed by atoms with Gasteiger partial charge in [-0.25, -0.2) is 0 Å². The number of nitrogens with zero attached hydrogens (tertiary/aromatic N) is 1. The quantitative estimate of drug-likeness (QED) is 0.364. The van der Waals surface area contributed by atoms with Crippen molar-refractivity contribution in [3.63, 3.8) is 0 Å². The maximum absolute atomic E-state index is 13.4. The van der Waals surface area contributed by atoms with E-state index < -0.39 is 11.7 Å². The molecule has 0 spiro atoms. The third-order valence-electron chi connectivity index (χ3n) is 5.09. The highest BCUT2D eigenvalue weighted by Gasteiger charge is 2.34. The van der Waals surface area contributed by atoms with Crippen LogP contribution >= 0.6 is 0 Å². The van der Waals surface area contributed by atoms with E-state index in [0.29, 0.717) is 22.3 Å². The minimum Gasteiger partial charge on any atom is -0.453 e. The molecule has 0 saturated heterocycles. The van der Waals surface area contributed by atoms with Crippen molar-refractivity contribution < 1.29 is 17.6 Å². The molecule has 4 rings (SSSR count). The molecular weight excluding hydrogens is 363 g/mol. The molecule has 0 aliphatic heterocycles. The molecule has 0 bridgehead atoms. The van der Waals surface area contributed by atoms with Gasteiger partial charge >= 0.3 is 6.18 Å². The molecule has 0 aliphatic carbocycles. The molecule has 0 atom stereocenters. The van der Waals surface area contributed by atoms with Gasteiger partial charge in [0.1, 0.15) is 5.58 Å². The lowest BCUT2D eigenvalue weighted by atomic mass is 10.00. The van der Waals surface area contributed by atoms with Crippen LogP contribution in [0.1, 0.15) is 30.9 Å². The molecular formula is C23H20F3NO. The molecule has 3 aromatic carbocycles. The summed E-state index contributed by atoms with van der Waals surface area (Å²) in [7, 11) is 1.91. The molecule has 0 aliphatic rings. The molecule has 0 unspecified atom stereocenters. The highest BCUT2D eigenvalue weighted by molar-refractivity contribution is 6.10. The molecule has 0 saturated carbocycles. The molecule has 0 amide bonds. The molecule has 1 heterocycles. The van der Waals surface area contributed by atoms with E-state index in [-0.39, 0.29) is 5.58 Å². The van der Waals surface area contributed by atoms with Crippen LogP contribution in [-0.2, 0) is 6.18 Å². The van der Waals surface area contributed by atoms with Gasteiger partial charge in [-0.3, -0.25) is 0 Å². The largest absolute Gasteiger partial charge is 0.453 e. The molecule has 0 N–H and O–H groups in total. The van der Waals surface area contributed by atoms with Crippen LogP contribution in [0.4, 0.5) is 24.5 Å². The lowest BCUT2D eigenvalue weighted by Crippen LogP contribution is -2.12. The zero-order chi connectivity index (χ0) is 20.1. The Bertz CT molecular complexity index is 1160. The topological polar surface area (TPSA) is 16.4 Å². The molecule has 5 heteroatoms. The predicted molar refractivity (Wildman–Crippen MR) is 107 cm³/mol. The van der Waals surface area contributed by atoms with E-state index in [1.807, 2.05) is 42.3 Å². The maximum Gasteiger partial charge on any atom is 0.420 e. The fourth-order valence-electron chi connectivity index (χ4n) is 3.70. The normalized spacial score (nSPS) is 12.2. The summed E-state index contributed by atoms with van der Waals surface area (Å²) in [6, 6.07) is 17.7. The molecule has 144 valence electrons. The number of alkyl halides is 3. The van der Waals surface area contributed by atoms with Gasteiger partial charge in [0, 0.05) is 23.5 Å². The SMILES string of the molecule is CC(C)c1ccccc1N(C)c1cccc2c1oc1c(C(F)(F)F)cccc12. The van der Waals surface area contributed by atoms with E-state index in [4.69, 9.17) is 4.42 Å². The maximum atomic E-state index is 13.4. The Balaban J connectivity index is 1.97. The van der Waals surface area contributed by atoms with Gasteiger partial charge in [0.25, 0.3) is 0 Å². The second kappa shape index (κ2) is 6.59. The monoisotopic (exact) mass is 383 g/mol. The summed E-state index contributed by atoms with van der Waals surface area (Å²) in [6.45, 7) is 4.23. The number of fused-ring (bicyclic) bond motifs is 3. The average molecular weight is 383 g/mol. The third kappa shape index (κ3) is 2.91. The summed E-state index contributed by atoms with van der Waals surface area (Å²) in [5, 5.41) is 1.14. The van der Waals surface area contributed by atoms with Crippen LogP contribution in [0.3, 0.4) is 0 Å². The molecule has 28 heavy (non-hydrogen) atoms. The van der Waals surface area contributed by atoms with Crippen LogP contribution in [0.5, 0.6) is 0 Å². The summed E-state index contributed by atoms with van der Waals surface area (Å²) in [6.07, 6.45) is -4.47. The Morgan fingerprint density at radius 1 is 0.786 bits per heavy atom. The van der Waals surface area contributed by atoms with Gasteiger partial charge in [0.15, 0.2) is 5.58 Å². The molecule has 0 fully saturated rings. The molecule has 0 radical (unpaired) electrons. The number of rotatable bonds is 3. The predicted octanol–water partition coefficient (Wildman–Crippen LogP) is 7.50. The lowest BCUT2D eigenvalue weighted by molar-refractivity contribution is -0.136. The van der Waals surface area contributed by atoms with Gasteiger partial charge in [-0.15, -0.1) is 0 Å². The number of hydrogen-bond donors (Lipinski definition) is 0. The van der Waals surface area contributed by atoms with Crippen LogP contribution in [0.15, 0.2) is 65.1 Å². The van der Waals surface area contributed by atoms with Crippen molar-refractivity contribution in [3.05, 3.63) is 71.8 Å². The molecule has 1 aromatic heterocycles. The number of anilines is 2. The lowest BCUT2D eigenvalue weighted by Gasteiger charge is -2.24. The first-order chi connectivity index (χ1) is 13.3. The Morgan fingerprint density at radius 3 is 2.07 bits per heavy atom. The summed E-state index contributed by atoms with van der Waals surface area (Å²) >= 11 is 0.